The van der Waals surface area contributed by atoms with Gasteiger partial charge in [-0.1, -0.05) is 74.1 Å². The molecular formula is C37H56N6O8. The van der Waals surface area contributed by atoms with E-state index in [1.807, 2.05) is 55.4 Å². The summed E-state index contributed by atoms with van der Waals surface area (Å²) >= 11 is 0. The van der Waals surface area contributed by atoms with E-state index in [9.17, 15) is 38.4 Å². The highest BCUT2D eigenvalue weighted by Crippen LogP contribution is 2.28. The van der Waals surface area contributed by atoms with E-state index < -0.39 is 53.4 Å². The van der Waals surface area contributed by atoms with E-state index in [4.69, 9.17) is 0 Å². The van der Waals surface area contributed by atoms with E-state index in [-0.39, 0.29) is 50.0 Å². The van der Waals surface area contributed by atoms with Crippen molar-refractivity contribution in [3.05, 3.63) is 47.7 Å². The second-order valence-electron chi connectivity index (χ2n) is 9.68. The van der Waals surface area contributed by atoms with Gasteiger partial charge in [0.05, 0.1) is 24.1 Å². The minimum absolute atomic E-state index is 0.0552. The molecule has 0 aromatic heterocycles. The van der Waals surface area contributed by atoms with Crippen molar-refractivity contribution in [2.75, 3.05) is 7.05 Å². The Kier molecular flexibility index (Phi) is 24.2. The Morgan fingerprint density at radius 3 is 1.49 bits per heavy atom. The largest absolute Gasteiger partial charge is 0.295 e. The smallest absolute Gasteiger partial charge is 0.264 e. The van der Waals surface area contributed by atoms with Gasteiger partial charge in [0.1, 0.15) is 12.1 Å². The van der Waals surface area contributed by atoms with Crippen LogP contribution in [-0.2, 0) is 38.4 Å². The number of nitrogens with one attached hydrogen (secondary N) is 2. The number of amides is 8. The second-order valence-corrected chi connectivity index (χ2v) is 9.68. The molecule has 0 aliphatic carbocycles. The standard InChI is InChI=1S/C15H16N2O4.C14H16N4O4.4C2H6/c1-3-5-10-9(4-2)8-13(19)17(15(10)21)11-6-7-12(18)16-14(11)20;1-3-16-7-8-9(15-2)6-12(20)18(14(8)22)10-4-5-11(19)17-13(10)21;4*1-2/h3-5,11H,1,6-8H2,2H3,(H,16,18,20);3,7,10H,4-6H2,1-2H3,(H,17,19,21);4*1-2H3/b9-4-,10-5+;8-7+,15-9?,16-3?;;;;. The Labute approximate surface area is 302 Å². The van der Waals surface area contributed by atoms with Gasteiger partial charge in [-0.3, -0.25) is 68.8 Å². The summed E-state index contributed by atoms with van der Waals surface area (Å²) in [5.74, 6) is -4.08. The first kappa shape index (κ1) is 48.0. The zero-order valence-electron chi connectivity index (χ0n) is 32.0. The number of imide groups is 4. The molecule has 51 heavy (non-hydrogen) atoms. The number of aliphatic imine (C=N–C) groups is 2. The molecule has 4 fully saturated rings. The number of carbonyl (C=O) groups is 8. The van der Waals surface area contributed by atoms with Crippen LogP contribution < -0.4 is 10.6 Å². The molecule has 14 heteroatoms. The molecule has 0 aromatic carbocycles. The number of hydrogen-bond acceptors (Lipinski definition) is 10. The quantitative estimate of drug-likeness (QED) is 0.245. The van der Waals surface area contributed by atoms with Crippen LogP contribution in [0.15, 0.2) is 57.7 Å². The van der Waals surface area contributed by atoms with E-state index >= 15 is 0 Å². The maximum atomic E-state index is 12.6. The Hall–Kier alpha value is -5.14. The maximum Gasteiger partial charge on any atom is 0.264 e. The summed E-state index contributed by atoms with van der Waals surface area (Å²) in [7, 11) is 1.49. The lowest BCUT2D eigenvalue weighted by Crippen LogP contribution is -2.58. The molecule has 8 amide bonds. The summed E-state index contributed by atoms with van der Waals surface area (Å²) in [6.45, 7) is 23.0. The fourth-order valence-corrected chi connectivity index (χ4v) is 4.93. The SMILES string of the molecule is C=C/C=C1/C(=O)N(C2CCC(=O)NC2=O)C(=O)C/C1=C/C.CC.CC.CC.CC.CC=N/C=C1/C(=O)N(C2CCC(=O)NC2=O)C(=O)CC1=NC. The van der Waals surface area contributed by atoms with Crippen molar-refractivity contribution < 1.29 is 38.4 Å². The van der Waals surface area contributed by atoms with Crippen LogP contribution in [0.3, 0.4) is 0 Å². The van der Waals surface area contributed by atoms with Gasteiger partial charge in [0.25, 0.3) is 11.8 Å². The number of carbonyl (C=O) groups excluding carboxylic acids is 8. The summed E-state index contributed by atoms with van der Waals surface area (Å²) in [5, 5.41) is 4.31. The van der Waals surface area contributed by atoms with Crippen LogP contribution in [0.4, 0.5) is 0 Å². The lowest BCUT2D eigenvalue weighted by atomic mass is 9.92. The lowest BCUT2D eigenvalue weighted by molar-refractivity contribution is -0.154. The molecule has 4 saturated heterocycles. The Balaban J connectivity index is 0. The van der Waals surface area contributed by atoms with Gasteiger partial charge < -0.3 is 0 Å². The van der Waals surface area contributed by atoms with E-state index in [0.717, 1.165) is 9.80 Å². The lowest BCUT2D eigenvalue weighted by Gasteiger charge is -2.35. The molecule has 2 atom stereocenters. The van der Waals surface area contributed by atoms with Crippen LogP contribution in [0.2, 0.25) is 0 Å². The van der Waals surface area contributed by atoms with Gasteiger partial charge in [0.15, 0.2) is 0 Å². The molecule has 4 aliphatic rings. The fourth-order valence-electron chi connectivity index (χ4n) is 4.93. The summed E-state index contributed by atoms with van der Waals surface area (Å²) in [6.07, 6.45) is 8.00. The van der Waals surface area contributed by atoms with Crippen molar-refractivity contribution >= 4 is 59.2 Å². The van der Waals surface area contributed by atoms with Crippen molar-refractivity contribution in [1.82, 2.24) is 20.4 Å². The molecular weight excluding hydrogens is 656 g/mol. The topological polar surface area (TPSA) is 192 Å². The zero-order valence-corrected chi connectivity index (χ0v) is 32.0. The highest BCUT2D eigenvalue weighted by molar-refractivity contribution is 6.33. The van der Waals surface area contributed by atoms with Gasteiger partial charge in [-0.2, -0.15) is 0 Å². The van der Waals surface area contributed by atoms with Crippen molar-refractivity contribution in [2.45, 2.75) is 120 Å². The average Bonchev–Trinajstić information content (AvgIpc) is 3.14. The van der Waals surface area contributed by atoms with Crippen LogP contribution in [0.1, 0.15) is 108 Å². The molecule has 4 aliphatic heterocycles. The van der Waals surface area contributed by atoms with Crippen molar-refractivity contribution in [1.29, 1.82) is 0 Å². The Morgan fingerprint density at radius 2 is 1.12 bits per heavy atom. The first-order chi connectivity index (χ1) is 24.5. The summed E-state index contributed by atoms with van der Waals surface area (Å²) in [4.78, 5) is 105. The Morgan fingerprint density at radius 1 is 0.686 bits per heavy atom. The number of piperidine rings is 4. The third-order valence-electron chi connectivity index (χ3n) is 7.05. The molecule has 0 saturated carbocycles. The number of rotatable bonds is 4. The minimum atomic E-state index is -0.967. The third-order valence-corrected chi connectivity index (χ3v) is 7.05. The molecule has 4 heterocycles. The molecule has 0 radical (unpaired) electrons. The number of hydrogen-bond donors (Lipinski definition) is 2. The van der Waals surface area contributed by atoms with Gasteiger partial charge in [-0.05, 0) is 38.3 Å². The fraction of sp³-hybridized carbons (Fsp3) is 0.514. The highest BCUT2D eigenvalue weighted by atomic mass is 16.2. The molecule has 2 unspecified atom stereocenters. The van der Waals surface area contributed by atoms with Crippen LogP contribution >= 0.6 is 0 Å². The van der Waals surface area contributed by atoms with E-state index in [1.165, 1.54) is 31.6 Å². The van der Waals surface area contributed by atoms with Crippen LogP contribution in [-0.4, -0.2) is 88.1 Å². The van der Waals surface area contributed by atoms with Crippen LogP contribution in [0.25, 0.3) is 0 Å². The zero-order chi connectivity index (χ0) is 39.8. The summed E-state index contributed by atoms with van der Waals surface area (Å²) in [5.41, 5.74) is 1.50. The number of likely N-dealkylation sites (tertiary alicyclic amines) is 2. The molecule has 4 rings (SSSR count). The highest BCUT2D eigenvalue weighted by Gasteiger charge is 2.44. The predicted molar refractivity (Wildman–Crippen MR) is 198 cm³/mol. The summed E-state index contributed by atoms with van der Waals surface area (Å²) < 4.78 is 0. The van der Waals surface area contributed by atoms with Gasteiger partial charge in [0, 0.05) is 37.9 Å². The van der Waals surface area contributed by atoms with Crippen molar-refractivity contribution in [3.63, 3.8) is 0 Å². The first-order valence-electron chi connectivity index (χ1n) is 17.5. The minimum Gasteiger partial charge on any atom is -0.295 e. The monoisotopic (exact) mass is 712 g/mol. The molecule has 2 N–H and O–H groups in total. The normalized spacial score (nSPS) is 23.4. The van der Waals surface area contributed by atoms with Crippen LogP contribution in [0.5, 0.6) is 0 Å². The van der Waals surface area contributed by atoms with E-state index in [1.54, 1.807) is 19.9 Å². The average molecular weight is 713 g/mol. The molecule has 0 bridgehead atoms. The van der Waals surface area contributed by atoms with E-state index in [0.29, 0.717) is 16.9 Å². The number of nitrogens with zero attached hydrogens (tertiary/aromatic N) is 4. The van der Waals surface area contributed by atoms with Crippen molar-refractivity contribution in [2.24, 2.45) is 9.98 Å². The van der Waals surface area contributed by atoms with Gasteiger partial charge >= 0.3 is 0 Å². The van der Waals surface area contributed by atoms with Crippen LogP contribution in [0, 0.1) is 0 Å². The van der Waals surface area contributed by atoms with Gasteiger partial charge in [-0.25, -0.2) is 0 Å². The molecule has 282 valence electrons. The van der Waals surface area contributed by atoms with Gasteiger partial charge in [0.2, 0.25) is 35.4 Å². The number of allylic oxidation sites excluding steroid dienone is 3. The molecule has 14 nitrogen and oxygen atoms in total. The first-order valence-corrected chi connectivity index (χ1v) is 17.5. The van der Waals surface area contributed by atoms with E-state index in [2.05, 4.69) is 27.2 Å². The summed E-state index contributed by atoms with van der Waals surface area (Å²) in [6, 6.07) is -1.89. The maximum absolute atomic E-state index is 12.6. The van der Waals surface area contributed by atoms with Crippen molar-refractivity contribution in [3.8, 4) is 0 Å². The molecule has 0 aromatic rings. The predicted octanol–water partition coefficient (Wildman–Crippen LogP) is 4.31. The Bertz CT molecular complexity index is 1450. The third kappa shape index (κ3) is 12.9. The molecule has 0 spiro atoms. The van der Waals surface area contributed by atoms with Gasteiger partial charge in [-0.15, -0.1) is 0 Å². The second kappa shape index (κ2) is 25.8.